The van der Waals surface area contributed by atoms with Crippen LogP contribution >= 0.6 is 46.3 Å². The van der Waals surface area contributed by atoms with Crippen LogP contribution in [0.1, 0.15) is 18.3 Å². The second-order valence-corrected chi connectivity index (χ2v) is 10.8. The van der Waals surface area contributed by atoms with E-state index in [1.54, 1.807) is 6.07 Å². The molecule has 3 rings (SSSR count). The Balaban J connectivity index is 1.66. The van der Waals surface area contributed by atoms with Crippen LogP contribution in [0, 0.1) is 0 Å². The Morgan fingerprint density at radius 3 is 2.35 bits per heavy atom. The molecule has 6 nitrogen and oxygen atoms in total. The first kappa shape index (κ1) is 24.2. The Labute approximate surface area is 201 Å². The fourth-order valence-corrected chi connectivity index (χ4v) is 5.64. The molecule has 0 saturated heterocycles. The van der Waals surface area contributed by atoms with Gasteiger partial charge in [-0.25, -0.2) is 13.4 Å². The van der Waals surface area contributed by atoms with Gasteiger partial charge in [0.15, 0.2) is 0 Å². The van der Waals surface area contributed by atoms with Crippen molar-refractivity contribution in [2.45, 2.75) is 18.2 Å². The van der Waals surface area contributed by atoms with Gasteiger partial charge in [-0.3, -0.25) is 0 Å². The van der Waals surface area contributed by atoms with Crippen molar-refractivity contribution in [3.8, 4) is 0 Å². The van der Waals surface area contributed by atoms with Crippen molar-refractivity contribution in [1.82, 2.24) is 13.7 Å². The van der Waals surface area contributed by atoms with Gasteiger partial charge in [0.05, 0.1) is 5.02 Å². The lowest BCUT2D eigenvalue weighted by Gasteiger charge is -2.24. The van der Waals surface area contributed by atoms with E-state index in [-0.39, 0.29) is 16.5 Å². The van der Waals surface area contributed by atoms with Crippen molar-refractivity contribution in [2.24, 2.45) is 0 Å². The Bertz CT molecular complexity index is 1140. The Morgan fingerprint density at radius 2 is 1.68 bits per heavy atom. The standard InChI is InChI=1S/C20H21Cl3N4O2S2/c1-3-27(20-24-19(25-30-20)12-14-4-6-15(21)7-5-14)11-10-26(2)31(28,29)18-13-16(22)8-9-17(18)23/h4-9,13H,3,10-12H2,1-2H3. The molecule has 0 atom stereocenters. The molecule has 2 aromatic carbocycles. The number of nitrogens with zero attached hydrogens (tertiary/aromatic N) is 4. The van der Waals surface area contributed by atoms with Gasteiger partial charge < -0.3 is 4.90 Å². The highest BCUT2D eigenvalue weighted by Gasteiger charge is 2.24. The lowest BCUT2D eigenvalue weighted by Crippen LogP contribution is -2.36. The fourth-order valence-electron chi connectivity index (χ4n) is 2.84. The number of hydrogen-bond acceptors (Lipinski definition) is 6. The Morgan fingerprint density at radius 1 is 1.00 bits per heavy atom. The van der Waals surface area contributed by atoms with Gasteiger partial charge in [-0.15, -0.1) is 0 Å². The third-order valence-corrected chi connectivity index (χ3v) is 8.29. The number of benzene rings is 2. The van der Waals surface area contributed by atoms with Gasteiger partial charge in [0.2, 0.25) is 15.2 Å². The summed E-state index contributed by atoms with van der Waals surface area (Å²) in [6.07, 6.45) is 0.604. The van der Waals surface area contributed by atoms with Crippen LogP contribution in [0.15, 0.2) is 47.4 Å². The highest BCUT2D eigenvalue weighted by atomic mass is 35.5. The number of anilines is 1. The van der Waals surface area contributed by atoms with Crippen molar-refractivity contribution >= 4 is 61.5 Å². The van der Waals surface area contributed by atoms with E-state index in [2.05, 4.69) is 9.36 Å². The van der Waals surface area contributed by atoms with E-state index in [9.17, 15) is 8.42 Å². The average molecular weight is 520 g/mol. The molecule has 11 heteroatoms. The van der Waals surface area contributed by atoms with Gasteiger partial charge in [-0.05, 0) is 42.8 Å². The molecule has 0 radical (unpaired) electrons. The molecule has 0 amide bonds. The molecular formula is C20H21Cl3N4O2S2. The van der Waals surface area contributed by atoms with Crippen LogP contribution in [0.25, 0.3) is 0 Å². The second-order valence-electron chi connectivity index (χ2n) is 6.78. The summed E-state index contributed by atoms with van der Waals surface area (Å²) in [5, 5.41) is 1.89. The number of sulfonamides is 1. The minimum atomic E-state index is -3.77. The second kappa shape index (κ2) is 10.5. The Hall–Kier alpha value is -1.42. The third kappa shape index (κ3) is 6.09. The topological polar surface area (TPSA) is 66.4 Å². The molecule has 3 aromatic rings. The number of rotatable bonds is 9. The molecule has 166 valence electrons. The summed E-state index contributed by atoms with van der Waals surface area (Å²) in [4.78, 5) is 6.61. The van der Waals surface area contributed by atoms with Crippen LogP contribution in [0.2, 0.25) is 15.1 Å². The number of aromatic nitrogens is 2. The minimum absolute atomic E-state index is 0.00613. The van der Waals surface area contributed by atoms with E-state index in [4.69, 9.17) is 34.8 Å². The first-order valence-electron chi connectivity index (χ1n) is 9.44. The molecule has 0 spiro atoms. The van der Waals surface area contributed by atoms with E-state index in [1.165, 1.54) is 35.0 Å². The normalized spacial score (nSPS) is 11.8. The highest BCUT2D eigenvalue weighted by molar-refractivity contribution is 7.89. The van der Waals surface area contributed by atoms with Crippen molar-refractivity contribution in [3.05, 3.63) is 68.9 Å². The Kier molecular flexibility index (Phi) is 8.18. The molecule has 0 unspecified atom stereocenters. The first-order valence-corrected chi connectivity index (χ1v) is 12.8. The summed E-state index contributed by atoms with van der Waals surface area (Å²) in [5.41, 5.74) is 1.07. The van der Waals surface area contributed by atoms with Crippen molar-refractivity contribution in [3.63, 3.8) is 0 Å². The lowest BCUT2D eigenvalue weighted by molar-refractivity contribution is 0.471. The number of hydrogen-bond donors (Lipinski definition) is 0. The van der Waals surface area contributed by atoms with Gasteiger partial charge in [0.1, 0.15) is 10.7 Å². The SMILES string of the molecule is CCN(CCN(C)S(=O)(=O)c1cc(Cl)ccc1Cl)c1nc(Cc2ccc(Cl)cc2)ns1. The van der Waals surface area contributed by atoms with Gasteiger partial charge in [0, 0.05) is 54.7 Å². The summed E-state index contributed by atoms with van der Waals surface area (Å²) in [5.74, 6) is 0.715. The van der Waals surface area contributed by atoms with Gasteiger partial charge in [0.25, 0.3) is 0 Å². The van der Waals surface area contributed by atoms with E-state index in [0.717, 1.165) is 10.7 Å². The monoisotopic (exact) mass is 518 g/mol. The molecule has 0 saturated carbocycles. The smallest absolute Gasteiger partial charge is 0.244 e. The predicted molar refractivity (Wildman–Crippen MR) is 128 cm³/mol. The molecule has 0 aliphatic rings. The van der Waals surface area contributed by atoms with Gasteiger partial charge in [-0.1, -0.05) is 46.9 Å². The zero-order valence-corrected chi connectivity index (χ0v) is 20.8. The number of halogens is 3. The summed E-state index contributed by atoms with van der Waals surface area (Å²) in [6, 6.07) is 12.0. The van der Waals surface area contributed by atoms with Crippen molar-refractivity contribution in [2.75, 3.05) is 31.6 Å². The fraction of sp³-hybridized carbons (Fsp3) is 0.300. The van der Waals surface area contributed by atoms with Crippen LogP contribution in [0.5, 0.6) is 0 Å². The number of likely N-dealkylation sites (N-methyl/N-ethyl adjacent to an activating group) is 2. The van der Waals surface area contributed by atoms with Gasteiger partial charge >= 0.3 is 0 Å². The molecule has 0 aliphatic carbocycles. The summed E-state index contributed by atoms with van der Waals surface area (Å²) in [7, 11) is -2.25. The molecule has 0 bridgehead atoms. The average Bonchev–Trinajstić information content (AvgIpc) is 3.20. The van der Waals surface area contributed by atoms with Crippen LogP contribution in [-0.4, -0.2) is 48.8 Å². The zero-order valence-electron chi connectivity index (χ0n) is 16.9. The third-order valence-electron chi connectivity index (χ3n) is 4.65. The molecule has 0 N–H and O–H groups in total. The quantitative estimate of drug-likeness (QED) is 0.387. The minimum Gasteiger partial charge on any atom is -0.346 e. The molecule has 31 heavy (non-hydrogen) atoms. The summed E-state index contributed by atoms with van der Waals surface area (Å²) >= 11 is 19.3. The first-order chi connectivity index (χ1) is 14.7. The predicted octanol–water partition coefficient (Wildman–Crippen LogP) is 5.24. The van der Waals surface area contributed by atoms with E-state index < -0.39 is 10.0 Å². The molecule has 1 aromatic heterocycles. The lowest BCUT2D eigenvalue weighted by atomic mass is 10.1. The molecule has 1 heterocycles. The molecular weight excluding hydrogens is 499 g/mol. The molecule has 0 aliphatic heterocycles. The van der Waals surface area contributed by atoms with Crippen LogP contribution in [0.3, 0.4) is 0 Å². The summed E-state index contributed by atoms with van der Waals surface area (Å²) < 4.78 is 31.5. The van der Waals surface area contributed by atoms with E-state index in [1.807, 2.05) is 36.1 Å². The highest BCUT2D eigenvalue weighted by Crippen LogP contribution is 2.27. The van der Waals surface area contributed by atoms with Crippen LogP contribution in [-0.2, 0) is 16.4 Å². The maximum atomic E-state index is 12.9. The van der Waals surface area contributed by atoms with E-state index >= 15 is 0 Å². The largest absolute Gasteiger partial charge is 0.346 e. The van der Waals surface area contributed by atoms with E-state index in [0.29, 0.717) is 35.4 Å². The van der Waals surface area contributed by atoms with Crippen LogP contribution in [0.4, 0.5) is 5.13 Å². The van der Waals surface area contributed by atoms with Gasteiger partial charge in [-0.2, -0.15) is 8.68 Å². The maximum absolute atomic E-state index is 12.9. The molecule has 0 fully saturated rings. The van der Waals surface area contributed by atoms with Crippen molar-refractivity contribution < 1.29 is 8.42 Å². The van der Waals surface area contributed by atoms with Crippen molar-refractivity contribution in [1.29, 1.82) is 0 Å². The maximum Gasteiger partial charge on any atom is 0.244 e. The zero-order chi connectivity index (χ0) is 22.6. The summed E-state index contributed by atoms with van der Waals surface area (Å²) in [6.45, 7) is 3.37. The van der Waals surface area contributed by atoms with Crippen LogP contribution < -0.4 is 4.90 Å².